The first kappa shape index (κ1) is 14.4. The van der Waals surface area contributed by atoms with Gasteiger partial charge in [0.15, 0.2) is 0 Å². The summed E-state index contributed by atoms with van der Waals surface area (Å²) >= 11 is 4.44. The van der Waals surface area contributed by atoms with Crippen molar-refractivity contribution in [3.63, 3.8) is 0 Å². The largest absolute Gasteiger partial charge is 0.303 e. The van der Waals surface area contributed by atoms with Crippen LogP contribution in [0, 0.1) is 11.8 Å². The van der Waals surface area contributed by atoms with E-state index in [9.17, 15) is 0 Å². The zero-order valence-corrected chi connectivity index (χ0v) is 12.2. The Morgan fingerprint density at radius 1 is 1.19 bits per heavy atom. The lowest BCUT2D eigenvalue weighted by atomic mass is 9.84. The molecule has 1 nitrogen and oxygen atoms in total. The molecule has 1 aliphatic rings. The molecule has 1 unspecified atom stereocenters. The van der Waals surface area contributed by atoms with Crippen LogP contribution in [0.25, 0.3) is 0 Å². The number of nitrogens with zero attached hydrogens (tertiary/aromatic N) is 1. The van der Waals surface area contributed by atoms with Crippen molar-refractivity contribution >= 4 is 12.6 Å². The van der Waals surface area contributed by atoms with Crippen molar-refractivity contribution in [1.29, 1.82) is 0 Å². The summed E-state index contributed by atoms with van der Waals surface area (Å²) in [6, 6.07) is 0.844. The Labute approximate surface area is 107 Å². The van der Waals surface area contributed by atoms with Gasteiger partial charge in [0.1, 0.15) is 0 Å². The maximum Gasteiger partial charge on any atom is 0.00925 e. The molecule has 1 fully saturated rings. The van der Waals surface area contributed by atoms with Crippen LogP contribution in [0.3, 0.4) is 0 Å². The van der Waals surface area contributed by atoms with Gasteiger partial charge >= 0.3 is 0 Å². The van der Waals surface area contributed by atoms with Crippen molar-refractivity contribution in [2.45, 2.75) is 58.4 Å². The van der Waals surface area contributed by atoms with Gasteiger partial charge in [0, 0.05) is 12.6 Å². The number of hydrogen-bond acceptors (Lipinski definition) is 2. The average Bonchev–Trinajstić information content (AvgIpc) is 2.35. The van der Waals surface area contributed by atoms with Gasteiger partial charge in [-0.3, -0.25) is 0 Å². The van der Waals surface area contributed by atoms with E-state index in [2.05, 4.69) is 38.4 Å². The van der Waals surface area contributed by atoms with Gasteiger partial charge in [-0.15, -0.1) is 0 Å². The third-order valence-electron chi connectivity index (χ3n) is 4.40. The molecule has 0 aromatic rings. The van der Waals surface area contributed by atoms with Crippen LogP contribution in [0.5, 0.6) is 0 Å². The molecule has 0 aromatic heterocycles. The summed E-state index contributed by atoms with van der Waals surface area (Å²) in [4.78, 5) is 2.59. The van der Waals surface area contributed by atoms with Crippen molar-refractivity contribution in [2.24, 2.45) is 11.8 Å². The molecule has 1 saturated carbocycles. The molecule has 0 aromatic carbocycles. The van der Waals surface area contributed by atoms with Crippen LogP contribution in [0.4, 0.5) is 0 Å². The van der Waals surface area contributed by atoms with Gasteiger partial charge in [0.25, 0.3) is 0 Å². The predicted molar refractivity (Wildman–Crippen MR) is 76.3 cm³/mol. The summed E-state index contributed by atoms with van der Waals surface area (Å²) < 4.78 is 0. The molecule has 0 radical (unpaired) electrons. The van der Waals surface area contributed by atoms with E-state index in [1.807, 2.05) is 0 Å². The molecule has 0 heterocycles. The van der Waals surface area contributed by atoms with Gasteiger partial charge in [-0.2, -0.15) is 12.6 Å². The monoisotopic (exact) mass is 243 g/mol. The van der Waals surface area contributed by atoms with Gasteiger partial charge in [0.05, 0.1) is 0 Å². The Kier molecular flexibility index (Phi) is 6.83. The summed E-state index contributed by atoms with van der Waals surface area (Å²) in [6.45, 7) is 5.85. The molecule has 0 amide bonds. The van der Waals surface area contributed by atoms with E-state index < -0.39 is 0 Å². The van der Waals surface area contributed by atoms with E-state index in [4.69, 9.17) is 0 Å². The number of rotatable bonds is 6. The SMILES string of the molecule is CCC1CCC(N(C)CC(CC)CS)CC1. The summed E-state index contributed by atoms with van der Waals surface area (Å²) in [7, 11) is 2.31. The van der Waals surface area contributed by atoms with Crippen LogP contribution in [-0.4, -0.2) is 30.3 Å². The summed E-state index contributed by atoms with van der Waals surface area (Å²) in [5, 5.41) is 0. The van der Waals surface area contributed by atoms with E-state index in [0.717, 1.165) is 23.6 Å². The van der Waals surface area contributed by atoms with E-state index in [1.165, 1.54) is 45.1 Å². The highest BCUT2D eigenvalue weighted by Crippen LogP contribution is 2.29. The van der Waals surface area contributed by atoms with Crippen molar-refractivity contribution < 1.29 is 0 Å². The first-order valence-corrected chi connectivity index (χ1v) is 7.65. The zero-order chi connectivity index (χ0) is 12.0. The van der Waals surface area contributed by atoms with E-state index in [1.54, 1.807) is 0 Å². The molecule has 96 valence electrons. The standard InChI is InChI=1S/C14H29NS/c1-4-12-6-8-14(9-7-12)15(3)10-13(5-2)11-16/h12-14,16H,4-11H2,1-3H3. The molecular formula is C14H29NS. The van der Waals surface area contributed by atoms with Crippen molar-refractivity contribution in [3.05, 3.63) is 0 Å². The fraction of sp³-hybridized carbons (Fsp3) is 1.00. The average molecular weight is 243 g/mol. The van der Waals surface area contributed by atoms with Crippen molar-refractivity contribution in [3.8, 4) is 0 Å². The summed E-state index contributed by atoms with van der Waals surface area (Å²) in [5.41, 5.74) is 0. The van der Waals surface area contributed by atoms with Crippen LogP contribution < -0.4 is 0 Å². The molecule has 0 spiro atoms. The smallest absolute Gasteiger partial charge is 0.00925 e. The Morgan fingerprint density at radius 2 is 1.81 bits per heavy atom. The highest BCUT2D eigenvalue weighted by atomic mass is 32.1. The topological polar surface area (TPSA) is 3.24 Å². The molecule has 1 aliphatic carbocycles. The molecule has 1 atom stereocenters. The first-order chi connectivity index (χ1) is 7.71. The molecule has 0 aliphatic heterocycles. The second-order valence-electron chi connectivity index (χ2n) is 5.48. The predicted octanol–water partition coefficient (Wildman–Crippen LogP) is 3.84. The number of thiol groups is 1. The minimum Gasteiger partial charge on any atom is -0.303 e. The minimum atomic E-state index is 0.775. The molecule has 0 saturated heterocycles. The highest BCUT2D eigenvalue weighted by Gasteiger charge is 2.23. The number of hydrogen-bond donors (Lipinski definition) is 1. The minimum absolute atomic E-state index is 0.775. The first-order valence-electron chi connectivity index (χ1n) is 7.02. The fourth-order valence-electron chi connectivity index (χ4n) is 2.87. The molecular weight excluding hydrogens is 214 g/mol. The lowest BCUT2D eigenvalue weighted by Gasteiger charge is -2.36. The molecule has 1 rings (SSSR count). The van der Waals surface area contributed by atoms with Crippen molar-refractivity contribution in [1.82, 2.24) is 4.90 Å². The maximum atomic E-state index is 4.44. The van der Waals surface area contributed by atoms with Crippen LogP contribution in [0.15, 0.2) is 0 Å². The Hall–Kier alpha value is 0.310. The normalized spacial score (nSPS) is 28.3. The van der Waals surface area contributed by atoms with E-state index in [0.29, 0.717) is 0 Å². The Bertz CT molecular complexity index is 172. The zero-order valence-electron chi connectivity index (χ0n) is 11.3. The van der Waals surface area contributed by atoms with E-state index in [-0.39, 0.29) is 0 Å². The highest BCUT2D eigenvalue weighted by molar-refractivity contribution is 7.80. The quantitative estimate of drug-likeness (QED) is 0.694. The molecule has 2 heteroatoms. The van der Waals surface area contributed by atoms with Crippen LogP contribution in [0.1, 0.15) is 52.4 Å². The van der Waals surface area contributed by atoms with Crippen LogP contribution in [0.2, 0.25) is 0 Å². The van der Waals surface area contributed by atoms with Gasteiger partial charge in [-0.25, -0.2) is 0 Å². The Balaban J connectivity index is 2.29. The molecule has 0 N–H and O–H groups in total. The second-order valence-corrected chi connectivity index (χ2v) is 5.84. The lowest BCUT2D eigenvalue weighted by Crippen LogP contribution is -2.38. The fourth-order valence-corrected chi connectivity index (χ4v) is 3.24. The van der Waals surface area contributed by atoms with Crippen molar-refractivity contribution in [2.75, 3.05) is 19.3 Å². The van der Waals surface area contributed by atoms with Gasteiger partial charge in [-0.1, -0.05) is 26.7 Å². The molecule has 0 bridgehead atoms. The second kappa shape index (κ2) is 7.60. The maximum absolute atomic E-state index is 4.44. The third-order valence-corrected chi connectivity index (χ3v) is 4.92. The van der Waals surface area contributed by atoms with E-state index >= 15 is 0 Å². The summed E-state index contributed by atoms with van der Waals surface area (Å²) in [6.07, 6.45) is 8.37. The van der Waals surface area contributed by atoms with Crippen LogP contribution >= 0.6 is 12.6 Å². The van der Waals surface area contributed by atoms with Gasteiger partial charge < -0.3 is 4.90 Å². The molecule has 16 heavy (non-hydrogen) atoms. The van der Waals surface area contributed by atoms with Gasteiger partial charge in [0.2, 0.25) is 0 Å². The van der Waals surface area contributed by atoms with Crippen LogP contribution in [-0.2, 0) is 0 Å². The summed E-state index contributed by atoms with van der Waals surface area (Å²) in [5.74, 6) is 2.82. The Morgan fingerprint density at radius 3 is 2.25 bits per heavy atom. The third kappa shape index (κ3) is 4.29. The lowest BCUT2D eigenvalue weighted by molar-refractivity contribution is 0.147. The van der Waals surface area contributed by atoms with Gasteiger partial charge in [-0.05, 0) is 50.3 Å².